The Kier molecular flexibility index (Phi) is 2.91. The fraction of sp³-hybridized carbons (Fsp3) is 0. The van der Waals surface area contributed by atoms with E-state index >= 15 is 0 Å². The first-order valence-corrected chi connectivity index (χ1v) is 4.62. The lowest BCUT2D eigenvalue weighted by atomic mass is 10.2. The van der Waals surface area contributed by atoms with Crippen LogP contribution in [0.3, 0.4) is 0 Å². The van der Waals surface area contributed by atoms with E-state index in [-0.39, 0.29) is 0 Å². The normalized spacial score (nSPS) is 9.81. The SMILES string of the molecule is O=Cc1ccc(Oc2ccc(F)cn2)cc1. The third-order valence-electron chi connectivity index (χ3n) is 1.94. The van der Waals surface area contributed by atoms with E-state index in [1.807, 2.05) is 0 Å². The van der Waals surface area contributed by atoms with E-state index in [4.69, 9.17) is 4.74 Å². The number of hydrogen-bond acceptors (Lipinski definition) is 3. The molecule has 0 atom stereocenters. The highest BCUT2D eigenvalue weighted by molar-refractivity contribution is 5.74. The van der Waals surface area contributed by atoms with E-state index in [0.717, 1.165) is 12.5 Å². The van der Waals surface area contributed by atoms with Gasteiger partial charge in [-0.05, 0) is 30.3 Å². The van der Waals surface area contributed by atoms with E-state index in [1.165, 1.54) is 12.1 Å². The van der Waals surface area contributed by atoms with E-state index in [0.29, 0.717) is 17.2 Å². The predicted octanol–water partition coefficient (Wildman–Crippen LogP) is 2.83. The number of hydrogen-bond donors (Lipinski definition) is 0. The van der Waals surface area contributed by atoms with Gasteiger partial charge >= 0.3 is 0 Å². The first kappa shape index (κ1) is 10.3. The maximum Gasteiger partial charge on any atom is 0.219 e. The number of nitrogens with zero attached hydrogens (tertiary/aromatic N) is 1. The van der Waals surface area contributed by atoms with Gasteiger partial charge in [0.2, 0.25) is 5.88 Å². The average Bonchev–Trinajstić information content (AvgIpc) is 2.33. The smallest absolute Gasteiger partial charge is 0.219 e. The van der Waals surface area contributed by atoms with Crippen LogP contribution in [0.1, 0.15) is 10.4 Å². The Morgan fingerprint density at radius 3 is 2.44 bits per heavy atom. The third-order valence-corrected chi connectivity index (χ3v) is 1.94. The van der Waals surface area contributed by atoms with Crippen LogP contribution in [-0.2, 0) is 0 Å². The number of ether oxygens (including phenoxy) is 1. The molecule has 0 fully saturated rings. The van der Waals surface area contributed by atoms with Gasteiger partial charge in [-0.1, -0.05) is 0 Å². The summed E-state index contributed by atoms with van der Waals surface area (Å²) in [4.78, 5) is 14.2. The van der Waals surface area contributed by atoms with E-state index in [9.17, 15) is 9.18 Å². The second-order valence-electron chi connectivity index (χ2n) is 3.10. The summed E-state index contributed by atoms with van der Waals surface area (Å²) in [6.45, 7) is 0. The summed E-state index contributed by atoms with van der Waals surface area (Å²) in [6, 6.07) is 9.26. The summed E-state index contributed by atoms with van der Waals surface area (Å²) in [5.41, 5.74) is 0.569. The van der Waals surface area contributed by atoms with Crippen molar-refractivity contribution in [2.24, 2.45) is 0 Å². The zero-order chi connectivity index (χ0) is 11.4. The number of rotatable bonds is 3. The van der Waals surface area contributed by atoms with Crippen molar-refractivity contribution < 1.29 is 13.9 Å². The number of carbonyl (C=O) groups is 1. The minimum Gasteiger partial charge on any atom is -0.439 e. The molecule has 0 amide bonds. The summed E-state index contributed by atoms with van der Waals surface area (Å²) in [6.07, 6.45) is 1.83. The van der Waals surface area contributed by atoms with Crippen LogP contribution in [0.5, 0.6) is 11.6 Å². The van der Waals surface area contributed by atoms with Crippen molar-refractivity contribution >= 4 is 6.29 Å². The first-order valence-electron chi connectivity index (χ1n) is 4.62. The summed E-state index contributed by atoms with van der Waals surface area (Å²) in [5, 5.41) is 0. The van der Waals surface area contributed by atoms with Crippen molar-refractivity contribution in [1.29, 1.82) is 0 Å². The van der Waals surface area contributed by atoms with Crippen molar-refractivity contribution in [1.82, 2.24) is 4.98 Å². The van der Waals surface area contributed by atoms with Gasteiger partial charge in [0, 0.05) is 11.6 Å². The lowest BCUT2D eigenvalue weighted by molar-refractivity contribution is 0.112. The molecule has 1 aromatic carbocycles. The second kappa shape index (κ2) is 4.53. The monoisotopic (exact) mass is 217 g/mol. The largest absolute Gasteiger partial charge is 0.439 e. The number of carbonyl (C=O) groups excluding carboxylic acids is 1. The third kappa shape index (κ3) is 2.42. The summed E-state index contributed by atoms with van der Waals surface area (Å²) in [5.74, 6) is 0.439. The topological polar surface area (TPSA) is 39.2 Å². The number of aldehydes is 1. The molecule has 0 unspecified atom stereocenters. The quantitative estimate of drug-likeness (QED) is 0.742. The molecule has 2 aromatic rings. The molecule has 4 heteroatoms. The Balaban J connectivity index is 2.14. The standard InChI is InChI=1S/C12H8FNO2/c13-10-3-6-12(14-7-10)16-11-4-1-9(8-15)2-5-11/h1-8H. The summed E-state index contributed by atoms with van der Waals surface area (Å²) in [7, 11) is 0. The average molecular weight is 217 g/mol. The molecule has 2 rings (SSSR count). The van der Waals surface area contributed by atoms with Gasteiger partial charge < -0.3 is 4.74 Å². The molecule has 0 aliphatic rings. The molecule has 1 aromatic heterocycles. The molecule has 0 saturated carbocycles. The molecular formula is C12H8FNO2. The van der Waals surface area contributed by atoms with Crippen LogP contribution >= 0.6 is 0 Å². The van der Waals surface area contributed by atoms with Crippen molar-refractivity contribution in [3.8, 4) is 11.6 Å². The maximum atomic E-state index is 12.6. The van der Waals surface area contributed by atoms with Gasteiger partial charge in [-0.15, -0.1) is 0 Å². The minimum absolute atomic E-state index is 0.306. The molecule has 80 valence electrons. The molecule has 0 radical (unpaired) electrons. The Labute approximate surface area is 91.5 Å². The van der Waals surface area contributed by atoms with Gasteiger partial charge in [0.1, 0.15) is 17.9 Å². The minimum atomic E-state index is -0.413. The summed E-state index contributed by atoms with van der Waals surface area (Å²) < 4.78 is 17.9. The van der Waals surface area contributed by atoms with Crippen molar-refractivity contribution in [2.75, 3.05) is 0 Å². The van der Waals surface area contributed by atoms with E-state index < -0.39 is 5.82 Å². The van der Waals surface area contributed by atoms with E-state index in [1.54, 1.807) is 24.3 Å². The van der Waals surface area contributed by atoms with Crippen molar-refractivity contribution in [3.05, 3.63) is 54.0 Å². The van der Waals surface area contributed by atoms with Gasteiger partial charge in [-0.3, -0.25) is 4.79 Å². The van der Waals surface area contributed by atoms with Crippen molar-refractivity contribution in [3.63, 3.8) is 0 Å². The molecule has 16 heavy (non-hydrogen) atoms. The van der Waals surface area contributed by atoms with Crippen LogP contribution in [0, 0.1) is 5.82 Å². The fourth-order valence-corrected chi connectivity index (χ4v) is 1.16. The molecule has 1 heterocycles. The van der Waals surface area contributed by atoms with Crippen LogP contribution in [0.15, 0.2) is 42.6 Å². The molecular weight excluding hydrogens is 209 g/mol. The molecule has 0 bridgehead atoms. The Bertz CT molecular complexity index is 479. The first-order chi connectivity index (χ1) is 7.78. The van der Waals surface area contributed by atoms with Crippen LogP contribution < -0.4 is 4.74 Å². The van der Waals surface area contributed by atoms with Gasteiger partial charge in [-0.2, -0.15) is 0 Å². The Hall–Kier alpha value is -2.23. The van der Waals surface area contributed by atoms with Crippen LogP contribution in [-0.4, -0.2) is 11.3 Å². The molecule has 0 spiro atoms. The predicted molar refractivity (Wildman–Crippen MR) is 56.1 cm³/mol. The zero-order valence-electron chi connectivity index (χ0n) is 8.26. The number of aromatic nitrogens is 1. The maximum absolute atomic E-state index is 12.6. The van der Waals surface area contributed by atoms with Gasteiger partial charge in [-0.25, -0.2) is 9.37 Å². The van der Waals surface area contributed by atoms with Gasteiger partial charge in [0.25, 0.3) is 0 Å². The van der Waals surface area contributed by atoms with Crippen LogP contribution in [0.4, 0.5) is 4.39 Å². The molecule has 0 N–H and O–H groups in total. The highest BCUT2D eigenvalue weighted by Crippen LogP contribution is 2.19. The highest BCUT2D eigenvalue weighted by Gasteiger charge is 1.99. The molecule has 0 aliphatic heterocycles. The fourth-order valence-electron chi connectivity index (χ4n) is 1.16. The molecule has 0 aliphatic carbocycles. The van der Waals surface area contributed by atoms with Gasteiger partial charge in [0.05, 0.1) is 6.20 Å². The highest BCUT2D eigenvalue weighted by atomic mass is 19.1. The van der Waals surface area contributed by atoms with E-state index in [2.05, 4.69) is 4.98 Å². The van der Waals surface area contributed by atoms with Crippen LogP contribution in [0.2, 0.25) is 0 Å². The number of benzene rings is 1. The van der Waals surface area contributed by atoms with Crippen LogP contribution in [0.25, 0.3) is 0 Å². The number of halogens is 1. The molecule has 3 nitrogen and oxygen atoms in total. The lowest BCUT2D eigenvalue weighted by Crippen LogP contribution is -1.88. The Morgan fingerprint density at radius 1 is 1.12 bits per heavy atom. The molecule has 0 saturated heterocycles. The van der Waals surface area contributed by atoms with Crippen molar-refractivity contribution in [2.45, 2.75) is 0 Å². The zero-order valence-corrected chi connectivity index (χ0v) is 8.26. The lowest BCUT2D eigenvalue weighted by Gasteiger charge is -2.03. The van der Waals surface area contributed by atoms with Gasteiger partial charge in [0.15, 0.2) is 0 Å². The Morgan fingerprint density at radius 2 is 1.88 bits per heavy atom. The second-order valence-corrected chi connectivity index (χ2v) is 3.10. The number of pyridine rings is 1. The summed E-state index contributed by atoms with van der Waals surface area (Å²) >= 11 is 0.